The summed E-state index contributed by atoms with van der Waals surface area (Å²) in [5.74, 6) is 0.117. The third-order valence-electron chi connectivity index (χ3n) is 3.51. The Labute approximate surface area is 144 Å². The lowest BCUT2D eigenvalue weighted by molar-refractivity contribution is 0.520. The summed E-state index contributed by atoms with van der Waals surface area (Å²) in [6.45, 7) is 0. The summed E-state index contributed by atoms with van der Waals surface area (Å²) in [7, 11) is 0. The average Bonchev–Trinajstić information content (AvgIpc) is 3.20. The van der Waals surface area contributed by atoms with Gasteiger partial charge in [-0.1, -0.05) is 17.2 Å². The molecule has 4 aromatic rings. The molecule has 0 radical (unpaired) electrons. The summed E-state index contributed by atoms with van der Waals surface area (Å²) in [6, 6.07) is 10.3. The van der Waals surface area contributed by atoms with Gasteiger partial charge in [0.2, 0.25) is 5.89 Å². The van der Waals surface area contributed by atoms with E-state index in [0.717, 1.165) is 26.6 Å². The number of benzene rings is 2. The van der Waals surface area contributed by atoms with Crippen LogP contribution in [0.4, 0.5) is 16.1 Å². The van der Waals surface area contributed by atoms with E-state index in [1.165, 1.54) is 12.1 Å². The first-order valence-corrected chi connectivity index (χ1v) is 7.94. The third kappa shape index (κ3) is 2.88. The fraction of sp³-hybridized carbons (Fsp3) is 0.0625. The van der Waals surface area contributed by atoms with Gasteiger partial charge in [0, 0.05) is 5.39 Å². The molecule has 8 heteroatoms. The van der Waals surface area contributed by atoms with Crippen LogP contribution in [0.25, 0.3) is 10.9 Å². The largest absolute Gasteiger partial charge is 0.408 e. The van der Waals surface area contributed by atoms with E-state index >= 15 is 0 Å². The van der Waals surface area contributed by atoms with E-state index in [1.807, 2.05) is 18.2 Å². The van der Waals surface area contributed by atoms with Gasteiger partial charge in [-0.25, -0.2) is 4.39 Å². The van der Waals surface area contributed by atoms with Gasteiger partial charge in [0.25, 0.3) is 0 Å². The number of fused-ring (bicyclic) bond motifs is 1. The maximum Gasteiger partial charge on any atom is 0.320 e. The number of hydrogen-bond acceptors (Lipinski definition) is 5. The Morgan fingerprint density at radius 2 is 2.12 bits per heavy atom. The van der Waals surface area contributed by atoms with Crippen LogP contribution in [0.15, 0.2) is 51.5 Å². The van der Waals surface area contributed by atoms with Crippen LogP contribution in [0.3, 0.4) is 0 Å². The van der Waals surface area contributed by atoms with Crippen molar-refractivity contribution in [2.75, 3.05) is 5.32 Å². The zero-order chi connectivity index (χ0) is 16.5. The molecule has 0 spiro atoms. The number of halogens is 2. The maximum absolute atomic E-state index is 13.2. The molecule has 0 saturated carbocycles. The van der Waals surface area contributed by atoms with Crippen LogP contribution in [0.5, 0.6) is 0 Å². The molecule has 0 aliphatic rings. The third-order valence-corrected chi connectivity index (χ3v) is 4.37. The van der Waals surface area contributed by atoms with Crippen LogP contribution in [0, 0.1) is 5.82 Å². The van der Waals surface area contributed by atoms with Crippen molar-refractivity contribution in [1.29, 1.82) is 0 Å². The molecule has 0 atom stereocenters. The topological polar surface area (TPSA) is 79.6 Å². The molecule has 24 heavy (non-hydrogen) atoms. The van der Waals surface area contributed by atoms with E-state index in [-0.39, 0.29) is 11.8 Å². The fourth-order valence-electron chi connectivity index (χ4n) is 2.39. The van der Waals surface area contributed by atoms with Crippen LogP contribution >= 0.6 is 15.9 Å². The Morgan fingerprint density at radius 3 is 3.00 bits per heavy atom. The molecule has 0 unspecified atom stereocenters. The second-order valence-electron chi connectivity index (χ2n) is 5.19. The van der Waals surface area contributed by atoms with Gasteiger partial charge in [-0.2, -0.15) is 5.10 Å². The van der Waals surface area contributed by atoms with E-state index in [0.29, 0.717) is 12.3 Å². The minimum atomic E-state index is -0.289. The molecule has 0 fully saturated rings. The first-order chi connectivity index (χ1) is 11.7. The molecule has 2 heterocycles. The number of rotatable bonds is 4. The van der Waals surface area contributed by atoms with Gasteiger partial charge in [-0.05, 0) is 45.8 Å². The Balaban J connectivity index is 1.55. The maximum atomic E-state index is 13.2. The van der Waals surface area contributed by atoms with Crippen molar-refractivity contribution in [1.82, 2.24) is 20.4 Å². The zero-order valence-corrected chi connectivity index (χ0v) is 13.8. The summed E-state index contributed by atoms with van der Waals surface area (Å²) in [5, 5.41) is 18.9. The number of nitrogens with zero attached hydrogens (tertiary/aromatic N) is 3. The predicted octanol–water partition coefficient (Wildman–Crippen LogP) is 4.18. The summed E-state index contributed by atoms with van der Waals surface area (Å²) in [5.41, 5.74) is 2.47. The number of hydrogen-bond donors (Lipinski definition) is 2. The van der Waals surface area contributed by atoms with Gasteiger partial charge in [0.15, 0.2) is 0 Å². The minimum Gasteiger partial charge on any atom is -0.408 e. The van der Waals surface area contributed by atoms with E-state index in [4.69, 9.17) is 4.42 Å². The molecule has 120 valence electrons. The molecule has 4 rings (SSSR count). The number of H-pyrrole nitrogens is 1. The molecule has 6 nitrogen and oxygen atoms in total. The molecule has 2 aromatic carbocycles. The number of aromatic nitrogens is 4. The van der Waals surface area contributed by atoms with Crippen molar-refractivity contribution in [2.45, 2.75) is 6.42 Å². The quantitative estimate of drug-likeness (QED) is 0.548. The lowest BCUT2D eigenvalue weighted by Crippen LogP contribution is -1.91. The number of nitrogens with one attached hydrogen (secondary N) is 2. The number of anilines is 2. The summed E-state index contributed by atoms with van der Waals surface area (Å²) in [6.07, 6.45) is 2.10. The van der Waals surface area contributed by atoms with Gasteiger partial charge in [0.1, 0.15) is 5.82 Å². The van der Waals surface area contributed by atoms with E-state index in [2.05, 4.69) is 41.6 Å². The lowest BCUT2D eigenvalue weighted by atomic mass is 10.1. The SMILES string of the molecule is Fc1cccc(Cc2nnc(Nc3ccc4[nH]ncc4c3Br)o2)c1. The Hall–Kier alpha value is -2.74. The lowest BCUT2D eigenvalue weighted by Gasteiger charge is -2.04. The molecule has 2 N–H and O–H groups in total. The Bertz CT molecular complexity index is 1010. The highest BCUT2D eigenvalue weighted by Crippen LogP contribution is 2.32. The predicted molar refractivity (Wildman–Crippen MR) is 90.6 cm³/mol. The fourth-order valence-corrected chi connectivity index (χ4v) is 2.94. The molecule has 0 amide bonds. The van der Waals surface area contributed by atoms with Gasteiger partial charge >= 0.3 is 6.01 Å². The van der Waals surface area contributed by atoms with Crippen molar-refractivity contribution in [3.05, 3.63) is 64.3 Å². The van der Waals surface area contributed by atoms with Crippen LogP contribution < -0.4 is 5.32 Å². The van der Waals surface area contributed by atoms with Crippen LogP contribution in [-0.2, 0) is 6.42 Å². The Morgan fingerprint density at radius 1 is 1.21 bits per heavy atom. The first kappa shape index (κ1) is 14.8. The van der Waals surface area contributed by atoms with Crippen molar-refractivity contribution >= 4 is 38.5 Å². The van der Waals surface area contributed by atoms with Crippen molar-refractivity contribution in [3.8, 4) is 0 Å². The average molecular weight is 388 g/mol. The monoisotopic (exact) mass is 387 g/mol. The number of aromatic amines is 1. The summed E-state index contributed by atoms with van der Waals surface area (Å²) >= 11 is 3.53. The van der Waals surface area contributed by atoms with Crippen LogP contribution in [0.2, 0.25) is 0 Å². The van der Waals surface area contributed by atoms with E-state index in [1.54, 1.807) is 12.3 Å². The van der Waals surface area contributed by atoms with Gasteiger partial charge in [-0.3, -0.25) is 5.10 Å². The van der Waals surface area contributed by atoms with Crippen molar-refractivity contribution in [2.24, 2.45) is 0 Å². The highest BCUT2D eigenvalue weighted by molar-refractivity contribution is 9.10. The molecule has 2 aromatic heterocycles. The second-order valence-corrected chi connectivity index (χ2v) is 5.98. The van der Waals surface area contributed by atoms with Crippen molar-refractivity contribution in [3.63, 3.8) is 0 Å². The molecular formula is C16H11BrFN5O. The normalized spacial score (nSPS) is 11.1. The molecule has 0 aliphatic carbocycles. The van der Waals surface area contributed by atoms with Gasteiger partial charge in [-0.15, -0.1) is 5.10 Å². The Kier molecular flexibility index (Phi) is 3.73. The van der Waals surface area contributed by atoms with Crippen LogP contribution in [-0.4, -0.2) is 20.4 Å². The molecule has 0 saturated heterocycles. The standard InChI is InChI=1S/C16H11BrFN5O/c17-15-11-8-19-21-12(11)4-5-13(15)20-16-23-22-14(24-16)7-9-2-1-3-10(18)6-9/h1-6,8H,7H2,(H,19,21)(H,20,23). The van der Waals surface area contributed by atoms with E-state index < -0.39 is 0 Å². The van der Waals surface area contributed by atoms with Gasteiger partial charge in [0.05, 0.1) is 28.3 Å². The summed E-state index contributed by atoms with van der Waals surface area (Å²) < 4.78 is 19.6. The smallest absolute Gasteiger partial charge is 0.320 e. The van der Waals surface area contributed by atoms with E-state index in [9.17, 15) is 4.39 Å². The highest BCUT2D eigenvalue weighted by Gasteiger charge is 2.11. The van der Waals surface area contributed by atoms with Crippen LogP contribution in [0.1, 0.15) is 11.5 Å². The van der Waals surface area contributed by atoms with Gasteiger partial charge < -0.3 is 9.73 Å². The first-order valence-electron chi connectivity index (χ1n) is 7.14. The molecule has 0 bridgehead atoms. The zero-order valence-electron chi connectivity index (χ0n) is 12.3. The molecular weight excluding hydrogens is 377 g/mol. The second kappa shape index (κ2) is 6.04. The highest BCUT2D eigenvalue weighted by atomic mass is 79.9. The minimum absolute atomic E-state index is 0.268. The summed E-state index contributed by atoms with van der Waals surface area (Å²) in [4.78, 5) is 0. The van der Waals surface area contributed by atoms with Crippen molar-refractivity contribution < 1.29 is 8.81 Å². The molecule has 0 aliphatic heterocycles.